The van der Waals surface area contributed by atoms with Crippen molar-refractivity contribution in [1.29, 1.82) is 0 Å². The number of hydrogen-bond acceptors (Lipinski definition) is 2. The van der Waals surface area contributed by atoms with E-state index in [1.165, 1.54) is 37.2 Å². The van der Waals surface area contributed by atoms with E-state index in [-0.39, 0.29) is 6.10 Å². The second-order valence-electron chi connectivity index (χ2n) is 6.12. The first kappa shape index (κ1) is 15.0. The quantitative estimate of drug-likeness (QED) is 0.724. The summed E-state index contributed by atoms with van der Waals surface area (Å²) in [6.07, 6.45) is 16.7. The van der Waals surface area contributed by atoms with Crippen LogP contribution >= 0.6 is 0 Å². The molecule has 2 aliphatic carbocycles. The van der Waals surface area contributed by atoms with Gasteiger partial charge >= 0.3 is 0 Å². The van der Waals surface area contributed by atoms with Gasteiger partial charge in [0.25, 0.3) is 0 Å². The number of carbonyl (C=O) groups is 1. The lowest BCUT2D eigenvalue weighted by molar-refractivity contribution is -0.113. The minimum absolute atomic E-state index is 0.125. The highest BCUT2D eigenvalue weighted by Crippen LogP contribution is 2.24. The third-order valence-corrected chi connectivity index (χ3v) is 6.79. The lowest BCUT2D eigenvalue weighted by atomic mass is 10.0. The summed E-state index contributed by atoms with van der Waals surface area (Å²) in [5.41, 5.74) is 0.909. The molecule has 3 aliphatic rings. The highest BCUT2D eigenvalue weighted by atomic mass is 32.2. The van der Waals surface area contributed by atoms with Gasteiger partial charge in [0.15, 0.2) is 5.75 Å². The zero-order valence-electron chi connectivity index (χ0n) is 12.7. The van der Waals surface area contributed by atoms with Crippen LogP contribution in [-0.4, -0.2) is 29.1 Å². The van der Waals surface area contributed by atoms with E-state index < -0.39 is 0 Å². The average molecular weight is 305 g/mol. The van der Waals surface area contributed by atoms with Crippen LogP contribution in [0.3, 0.4) is 0 Å². The molecule has 1 aliphatic heterocycles. The highest BCUT2D eigenvalue weighted by Gasteiger charge is 2.28. The Morgan fingerprint density at radius 3 is 2.71 bits per heavy atom. The van der Waals surface area contributed by atoms with Gasteiger partial charge < -0.3 is 4.74 Å². The van der Waals surface area contributed by atoms with Crippen molar-refractivity contribution in [2.24, 2.45) is 0 Å². The van der Waals surface area contributed by atoms with E-state index in [0.29, 0.717) is 16.7 Å². The number of ketones is 1. The van der Waals surface area contributed by atoms with Crippen molar-refractivity contribution in [3.8, 4) is 0 Å². The standard InChI is InChI=1S/C18H25O2S/c19-18(14-21-12-4-5-13-21)15-8-10-17(11-9-15)20-16-6-2-1-3-7-16/h6,8-10,17H,1-5,7,11-14H2/q+1. The summed E-state index contributed by atoms with van der Waals surface area (Å²) in [5.74, 6) is 4.79. The Kier molecular flexibility index (Phi) is 5.23. The van der Waals surface area contributed by atoms with Crippen LogP contribution in [0.25, 0.3) is 0 Å². The van der Waals surface area contributed by atoms with Crippen LogP contribution in [0.4, 0.5) is 0 Å². The van der Waals surface area contributed by atoms with Gasteiger partial charge in [0.05, 0.1) is 5.76 Å². The summed E-state index contributed by atoms with van der Waals surface area (Å²) in [5, 5.41) is 0. The number of carbonyl (C=O) groups excluding carboxylic acids is 1. The molecule has 0 aromatic rings. The van der Waals surface area contributed by atoms with E-state index in [1.54, 1.807) is 0 Å². The molecule has 3 heteroatoms. The normalized spacial score (nSPS) is 26.4. The predicted molar refractivity (Wildman–Crippen MR) is 89.5 cm³/mol. The van der Waals surface area contributed by atoms with Crippen molar-refractivity contribution in [3.05, 3.63) is 35.6 Å². The number of hydrogen-bond donors (Lipinski definition) is 0. The zero-order valence-corrected chi connectivity index (χ0v) is 13.5. The fourth-order valence-electron chi connectivity index (χ4n) is 3.13. The number of allylic oxidation sites excluding steroid dienone is 4. The van der Waals surface area contributed by atoms with E-state index in [2.05, 4.69) is 18.2 Å². The largest absolute Gasteiger partial charge is 0.491 e. The van der Waals surface area contributed by atoms with Crippen LogP contribution in [0.2, 0.25) is 0 Å². The van der Waals surface area contributed by atoms with Gasteiger partial charge in [0, 0.05) is 18.4 Å². The van der Waals surface area contributed by atoms with Crippen molar-refractivity contribution < 1.29 is 9.53 Å². The molecule has 0 radical (unpaired) electrons. The summed E-state index contributed by atoms with van der Waals surface area (Å²) in [6, 6.07) is 0. The van der Waals surface area contributed by atoms with Gasteiger partial charge in [-0.05, 0) is 55.2 Å². The van der Waals surface area contributed by atoms with E-state index in [0.717, 1.165) is 36.3 Å². The first-order valence-corrected chi connectivity index (χ1v) is 9.96. The van der Waals surface area contributed by atoms with Crippen molar-refractivity contribution >= 4 is 16.7 Å². The lowest BCUT2D eigenvalue weighted by Crippen LogP contribution is -2.21. The van der Waals surface area contributed by atoms with Gasteiger partial charge in [-0.25, -0.2) is 0 Å². The number of ether oxygens (including phenoxy) is 1. The first-order valence-electron chi connectivity index (χ1n) is 8.22. The van der Waals surface area contributed by atoms with Crippen LogP contribution in [0.15, 0.2) is 35.6 Å². The molecule has 3 rings (SSSR count). The summed E-state index contributed by atoms with van der Waals surface area (Å²) in [6.45, 7) is 0. The molecule has 0 N–H and O–H groups in total. The van der Waals surface area contributed by atoms with E-state index in [4.69, 9.17) is 4.74 Å². The highest BCUT2D eigenvalue weighted by molar-refractivity contribution is 7.97. The Labute approximate surface area is 130 Å². The fraction of sp³-hybridized carbons (Fsp3) is 0.611. The molecule has 1 atom stereocenters. The van der Waals surface area contributed by atoms with Gasteiger partial charge in [0.1, 0.15) is 17.6 Å². The zero-order chi connectivity index (χ0) is 14.5. The fourth-order valence-corrected chi connectivity index (χ4v) is 5.39. The summed E-state index contributed by atoms with van der Waals surface area (Å²) in [4.78, 5) is 12.3. The van der Waals surface area contributed by atoms with Crippen LogP contribution in [0.1, 0.15) is 44.9 Å². The van der Waals surface area contributed by atoms with E-state index in [9.17, 15) is 4.79 Å². The first-order chi connectivity index (χ1) is 10.3. The molecule has 1 saturated heterocycles. The summed E-state index contributed by atoms with van der Waals surface area (Å²) < 4.78 is 6.01. The van der Waals surface area contributed by atoms with Gasteiger partial charge in [0.2, 0.25) is 5.78 Å². The van der Waals surface area contributed by atoms with Crippen LogP contribution in [0.5, 0.6) is 0 Å². The Hall–Kier alpha value is -0.960. The molecule has 114 valence electrons. The van der Waals surface area contributed by atoms with Crippen molar-refractivity contribution in [2.45, 2.75) is 51.0 Å². The monoisotopic (exact) mass is 305 g/mol. The maximum absolute atomic E-state index is 12.3. The Morgan fingerprint density at radius 2 is 2.05 bits per heavy atom. The van der Waals surface area contributed by atoms with Gasteiger partial charge in [-0.3, -0.25) is 4.79 Å². The minimum Gasteiger partial charge on any atom is -0.491 e. The molecule has 0 aromatic heterocycles. The Morgan fingerprint density at radius 1 is 1.19 bits per heavy atom. The molecule has 1 fully saturated rings. The molecular formula is C18H25O2S+. The van der Waals surface area contributed by atoms with Crippen LogP contribution in [-0.2, 0) is 20.4 Å². The molecule has 0 saturated carbocycles. The molecule has 1 heterocycles. The number of Topliss-reactive ketones (excluding diaryl/α,β-unsaturated/α-hetero) is 1. The molecule has 1 unspecified atom stereocenters. The molecule has 0 amide bonds. The molecule has 21 heavy (non-hydrogen) atoms. The van der Waals surface area contributed by atoms with Crippen molar-refractivity contribution in [3.63, 3.8) is 0 Å². The number of rotatable bonds is 5. The molecule has 0 aromatic carbocycles. The SMILES string of the molecule is O=C(C[S+]1CCCC1)C1=CCC(OC2=CCCCC2)C=C1. The molecular weight excluding hydrogens is 280 g/mol. The van der Waals surface area contributed by atoms with Gasteiger partial charge in [-0.1, -0.05) is 12.2 Å². The second kappa shape index (κ2) is 7.35. The Bertz CT molecular complexity index is 470. The molecule has 2 nitrogen and oxygen atoms in total. The van der Waals surface area contributed by atoms with Crippen molar-refractivity contribution in [1.82, 2.24) is 0 Å². The summed E-state index contributed by atoms with van der Waals surface area (Å²) in [7, 11) is 0.362. The topological polar surface area (TPSA) is 26.3 Å². The molecule has 0 spiro atoms. The van der Waals surface area contributed by atoms with Crippen LogP contribution < -0.4 is 0 Å². The van der Waals surface area contributed by atoms with Crippen molar-refractivity contribution in [2.75, 3.05) is 17.3 Å². The third-order valence-electron chi connectivity index (χ3n) is 4.39. The second-order valence-corrected chi connectivity index (χ2v) is 8.45. The van der Waals surface area contributed by atoms with E-state index in [1.807, 2.05) is 6.08 Å². The maximum Gasteiger partial charge on any atom is 0.211 e. The lowest BCUT2D eigenvalue weighted by Gasteiger charge is -2.21. The maximum atomic E-state index is 12.3. The minimum atomic E-state index is 0.125. The Balaban J connectivity index is 1.48. The smallest absolute Gasteiger partial charge is 0.211 e. The summed E-state index contributed by atoms with van der Waals surface area (Å²) >= 11 is 0. The predicted octanol–water partition coefficient (Wildman–Crippen LogP) is 3.70. The van der Waals surface area contributed by atoms with Gasteiger partial charge in [-0.15, -0.1) is 0 Å². The molecule has 0 bridgehead atoms. The third kappa shape index (κ3) is 4.26. The van der Waals surface area contributed by atoms with Gasteiger partial charge in [-0.2, -0.15) is 0 Å². The van der Waals surface area contributed by atoms with Crippen LogP contribution in [0, 0.1) is 0 Å². The average Bonchev–Trinajstić information content (AvgIpc) is 3.02. The van der Waals surface area contributed by atoms with E-state index >= 15 is 0 Å².